The van der Waals surface area contributed by atoms with Crippen LogP contribution in [0.5, 0.6) is 11.5 Å². The number of aromatic nitrogens is 3. The van der Waals surface area contributed by atoms with Crippen LogP contribution in [0.1, 0.15) is 50.4 Å². The van der Waals surface area contributed by atoms with E-state index >= 15 is 0 Å². The predicted octanol–water partition coefficient (Wildman–Crippen LogP) is 6.36. The molecular formula is C21H21Cl2N3O. The fourth-order valence-corrected chi connectivity index (χ4v) is 5.35. The first kappa shape index (κ1) is 17.3. The van der Waals surface area contributed by atoms with Crippen molar-refractivity contribution < 1.29 is 4.74 Å². The maximum Gasteiger partial charge on any atom is 0.204 e. The summed E-state index contributed by atoms with van der Waals surface area (Å²) in [5.41, 5.74) is 2.14. The van der Waals surface area contributed by atoms with Crippen molar-refractivity contribution in [3.8, 4) is 11.5 Å². The van der Waals surface area contributed by atoms with Crippen LogP contribution in [0.4, 0.5) is 0 Å². The highest BCUT2D eigenvalue weighted by atomic mass is 35.5. The van der Waals surface area contributed by atoms with E-state index in [1.807, 2.05) is 35.7 Å². The third kappa shape index (κ3) is 2.65. The van der Waals surface area contributed by atoms with Gasteiger partial charge >= 0.3 is 0 Å². The maximum absolute atomic E-state index is 6.44. The van der Waals surface area contributed by atoms with Gasteiger partial charge in [0.2, 0.25) is 5.65 Å². The molecule has 2 saturated carbocycles. The van der Waals surface area contributed by atoms with Crippen LogP contribution in [0.25, 0.3) is 5.65 Å². The van der Waals surface area contributed by atoms with Crippen LogP contribution in [0.2, 0.25) is 10.0 Å². The smallest absolute Gasteiger partial charge is 0.204 e. The van der Waals surface area contributed by atoms with Gasteiger partial charge in [-0.2, -0.15) is 0 Å². The molecule has 0 N–H and O–H groups in total. The molecule has 2 fully saturated rings. The fraction of sp³-hybridized carbons (Fsp3) is 0.429. The first-order valence-electron chi connectivity index (χ1n) is 9.37. The summed E-state index contributed by atoms with van der Waals surface area (Å²) in [5.74, 6) is 2.32. The van der Waals surface area contributed by atoms with E-state index in [-0.39, 0.29) is 5.41 Å². The molecule has 0 radical (unpaired) electrons. The Hall–Kier alpha value is -1.78. The van der Waals surface area contributed by atoms with E-state index < -0.39 is 0 Å². The predicted molar refractivity (Wildman–Crippen MR) is 107 cm³/mol. The van der Waals surface area contributed by atoms with E-state index in [4.69, 9.17) is 27.9 Å². The van der Waals surface area contributed by atoms with E-state index in [1.54, 1.807) is 6.07 Å². The minimum Gasteiger partial charge on any atom is -0.453 e. The Labute approximate surface area is 168 Å². The lowest BCUT2D eigenvalue weighted by Gasteiger charge is -2.25. The molecule has 0 amide bonds. The van der Waals surface area contributed by atoms with Gasteiger partial charge in [-0.25, -0.2) is 0 Å². The average molecular weight is 402 g/mol. The van der Waals surface area contributed by atoms with Gasteiger partial charge in [0.25, 0.3) is 0 Å². The second-order valence-corrected chi connectivity index (χ2v) is 9.32. The van der Waals surface area contributed by atoms with E-state index in [9.17, 15) is 0 Å². The first-order chi connectivity index (χ1) is 12.9. The Balaban J connectivity index is 1.61. The number of fused-ring (bicyclic) bond motifs is 3. The van der Waals surface area contributed by atoms with Crippen molar-refractivity contribution in [3.63, 3.8) is 0 Å². The lowest BCUT2D eigenvalue weighted by atomic mass is 9.82. The molecule has 0 saturated heterocycles. The van der Waals surface area contributed by atoms with Crippen molar-refractivity contribution in [1.82, 2.24) is 14.6 Å². The van der Waals surface area contributed by atoms with Crippen LogP contribution < -0.4 is 4.74 Å². The topological polar surface area (TPSA) is 39.4 Å². The number of ether oxygens (including phenoxy) is 1. The highest BCUT2D eigenvalue weighted by molar-refractivity contribution is 6.31. The Morgan fingerprint density at radius 1 is 1.07 bits per heavy atom. The zero-order valence-electron chi connectivity index (χ0n) is 15.4. The molecule has 6 heteroatoms. The second kappa shape index (κ2) is 5.86. The zero-order chi connectivity index (χ0) is 18.8. The molecule has 0 unspecified atom stereocenters. The van der Waals surface area contributed by atoms with Gasteiger partial charge in [-0.05, 0) is 56.6 Å². The van der Waals surface area contributed by atoms with E-state index in [1.165, 1.54) is 32.1 Å². The third-order valence-corrected chi connectivity index (χ3v) is 7.15. The van der Waals surface area contributed by atoms with Crippen LogP contribution in [-0.2, 0) is 5.41 Å². The zero-order valence-corrected chi connectivity index (χ0v) is 16.9. The van der Waals surface area contributed by atoms with Gasteiger partial charge in [0.05, 0.1) is 5.02 Å². The molecule has 140 valence electrons. The van der Waals surface area contributed by atoms with Crippen LogP contribution in [0, 0.1) is 12.3 Å². The summed E-state index contributed by atoms with van der Waals surface area (Å²) >= 11 is 12.7. The number of hydrogen-bond donors (Lipinski definition) is 0. The molecule has 27 heavy (non-hydrogen) atoms. The Kier molecular flexibility index (Phi) is 3.76. The Morgan fingerprint density at radius 3 is 2.56 bits per heavy atom. The molecule has 4 nitrogen and oxygen atoms in total. The van der Waals surface area contributed by atoms with Gasteiger partial charge in [0.15, 0.2) is 5.75 Å². The van der Waals surface area contributed by atoms with Gasteiger partial charge < -0.3 is 4.74 Å². The fourth-order valence-electron chi connectivity index (χ4n) is 4.99. The number of rotatable bonds is 3. The van der Waals surface area contributed by atoms with Crippen molar-refractivity contribution in [2.24, 2.45) is 5.41 Å². The van der Waals surface area contributed by atoms with Gasteiger partial charge in [-0.1, -0.05) is 36.2 Å². The van der Waals surface area contributed by atoms with E-state index in [0.29, 0.717) is 32.6 Å². The third-order valence-electron chi connectivity index (χ3n) is 6.53. The second-order valence-electron chi connectivity index (χ2n) is 8.47. The summed E-state index contributed by atoms with van der Waals surface area (Å²) in [4.78, 5) is 0. The summed E-state index contributed by atoms with van der Waals surface area (Å²) in [6.45, 7) is 4.33. The molecule has 2 bridgehead atoms. The molecule has 2 aromatic heterocycles. The minimum atomic E-state index is 0.113. The highest BCUT2D eigenvalue weighted by Gasteiger charge is 2.54. The summed E-state index contributed by atoms with van der Waals surface area (Å²) in [7, 11) is 0. The number of pyridine rings is 1. The molecule has 2 aliphatic carbocycles. The molecule has 0 aliphatic heterocycles. The summed E-state index contributed by atoms with van der Waals surface area (Å²) < 4.78 is 8.20. The van der Waals surface area contributed by atoms with Crippen molar-refractivity contribution in [3.05, 3.63) is 51.9 Å². The molecule has 1 aromatic carbocycles. The number of halogens is 2. The van der Waals surface area contributed by atoms with Gasteiger partial charge in [-0.15, -0.1) is 10.2 Å². The molecule has 2 aliphatic rings. The Morgan fingerprint density at radius 2 is 1.85 bits per heavy atom. The number of benzene rings is 1. The molecule has 2 heterocycles. The number of hydrogen-bond acceptors (Lipinski definition) is 3. The molecule has 3 aromatic rings. The molecule has 5 rings (SSSR count). The van der Waals surface area contributed by atoms with E-state index in [2.05, 4.69) is 17.1 Å². The van der Waals surface area contributed by atoms with Gasteiger partial charge in [-0.3, -0.25) is 4.40 Å². The maximum atomic E-state index is 6.44. The first-order valence-corrected chi connectivity index (χ1v) is 10.1. The highest BCUT2D eigenvalue weighted by Crippen LogP contribution is 2.61. The van der Waals surface area contributed by atoms with Crippen molar-refractivity contribution in [2.75, 3.05) is 0 Å². The van der Waals surface area contributed by atoms with Crippen molar-refractivity contribution in [1.29, 1.82) is 0 Å². The quantitative estimate of drug-likeness (QED) is 0.512. The number of nitrogens with zero attached hydrogens (tertiary/aromatic N) is 3. The van der Waals surface area contributed by atoms with Crippen molar-refractivity contribution >= 4 is 28.8 Å². The summed E-state index contributed by atoms with van der Waals surface area (Å²) in [6.07, 6.45) is 7.94. The normalized spacial score (nSPS) is 26.8. The Bertz CT molecular complexity index is 1050. The van der Waals surface area contributed by atoms with Crippen LogP contribution in [0.15, 0.2) is 30.5 Å². The lowest BCUT2D eigenvalue weighted by Crippen LogP contribution is -2.23. The summed E-state index contributed by atoms with van der Waals surface area (Å²) in [6, 6.07) is 7.41. The average Bonchev–Trinajstić information content (AvgIpc) is 3.29. The molecule has 0 atom stereocenters. The molecule has 0 spiro atoms. The van der Waals surface area contributed by atoms with Crippen LogP contribution in [-0.4, -0.2) is 14.6 Å². The minimum absolute atomic E-state index is 0.113. The standard InChI is InChI=1S/C21H21Cl2N3O/c1-13-15(23)4-3-5-16(13)27-17-10-14(22)11-26-18(17)24-25-19(26)21-8-6-20(2,12-21)7-9-21/h3-5,10-11H,6-9,12H2,1-2H3. The molecular weight excluding hydrogens is 381 g/mol. The SMILES string of the molecule is Cc1c(Cl)cccc1Oc1cc(Cl)cn2c(C34CCC(C)(CC3)C4)nnc12. The lowest BCUT2D eigenvalue weighted by molar-refractivity contribution is 0.325. The largest absolute Gasteiger partial charge is 0.453 e. The van der Waals surface area contributed by atoms with Crippen LogP contribution in [0.3, 0.4) is 0 Å². The van der Waals surface area contributed by atoms with Gasteiger partial charge in [0.1, 0.15) is 11.6 Å². The van der Waals surface area contributed by atoms with Gasteiger partial charge in [0, 0.05) is 28.3 Å². The van der Waals surface area contributed by atoms with Crippen LogP contribution >= 0.6 is 23.2 Å². The summed E-state index contributed by atoms with van der Waals surface area (Å²) in [5, 5.41) is 10.4. The monoisotopic (exact) mass is 401 g/mol. The van der Waals surface area contributed by atoms with E-state index in [0.717, 1.165) is 11.4 Å². The van der Waals surface area contributed by atoms with Crippen molar-refractivity contribution in [2.45, 2.75) is 51.4 Å².